The molecule has 1 aromatic heterocycles. The molecule has 0 aliphatic heterocycles. The van der Waals surface area contributed by atoms with Crippen molar-refractivity contribution in [2.24, 2.45) is 5.41 Å². The molecule has 0 atom stereocenters. The Morgan fingerprint density at radius 3 is 2.38 bits per heavy atom. The summed E-state index contributed by atoms with van der Waals surface area (Å²) in [7, 11) is 0. The summed E-state index contributed by atoms with van der Waals surface area (Å²) in [5, 5.41) is 2.14. The van der Waals surface area contributed by atoms with Crippen molar-refractivity contribution in [3.05, 3.63) is 26.4 Å². The number of thiophene rings is 1. The topological polar surface area (TPSA) is 0 Å². The smallest absolute Gasteiger partial charge is 0.0317 e. The fraction of sp³-hybridized carbons (Fsp3) is 0.455. The first-order chi connectivity index (χ1) is 5.90. The Kier molecular flexibility index (Phi) is 3.36. The Bertz CT molecular complexity index is 315. The van der Waals surface area contributed by atoms with Gasteiger partial charge in [-0.25, -0.2) is 0 Å². The van der Waals surface area contributed by atoms with Crippen LogP contribution in [0.25, 0.3) is 6.08 Å². The van der Waals surface area contributed by atoms with Crippen LogP contribution in [0.2, 0.25) is 0 Å². The second-order valence-electron chi connectivity index (χ2n) is 4.27. The molecule has 0 aliphatic rings. The van der Waals surface area contributed by atoms with E-state index in [0.717, 1.165) is 0 Å². The molecule has 0 aromatic carbocycles. The van der Waals surface area contributed by atoms with Crippen molar-refractivity contribution in [2.45, 2.75) is 27.7 Å². The van der Waals surface area contributed by atoms with E-state index in [1.54, 1.807) is 11.3 Å². The van der Waals surface area contributed by atoms with Crippen LogP contribution in [0.4, 0.5) is 0 Å². The maximum atomic E-state index is 3.51. The summed E-state index contributed by atoms with van der Waals surface area (Å²) in [6, 6.07) is 0. The predicted molar refractivity (Wildman–Crippen MR) is 65.2 cm³/mol. The van der Waals surface area contributed by atoms with Crippen LogP contribution in [-0.2, 0) is 0 Å². The highest BCUT2D eigenvalue weighted by Crippen LogP contribution is 2.28. The molecule has 0 unspecified atom stereocenters. The van der Waals surface area contributed by atoms with Gasteiger partial charge in [-0.15, -0.1) is 11.3 Å². The van der Waals surface area contributed by atoms with E-state index in [2.05, 4.69) is 61.2 Å². The van der Waals surface area contributed by atoms with Crippen LogP contribution in [0.15, 0.2) is 15.9 Å². The van der Waals surface area contributed by atoms with Gasteiger partial charge in [0.15, 0.2) is 0 Å². The lowest BCUT2D eigenvalue weighted by Gasteiger charge is -2.10. The average Bonchev–Trinajstić information content (AvgIpc) is 2.29. The third-order valence-corrected chi connectivity index (χ3v) is 3.93. The number of allylic oxidation sites excluding steroid dienone is 1. The minimum atomic E-state index is 0.267. The monoisotopic (exact) mass is 258 g/mol. The molecule has 0 aliphatic carbocycles. The minimum absolute atomic E-state index is 0.267. The average molecular weight is 259 g/mol. The van der Waals surface area contributed by atoms with Crippen LogP contribution in [0.1, 0.15) is 31.2 Å². The van der Waals surface area contributed by atoms with Gasteiger partial charge >= 0.3 is 0 Å². The molecule has 2 heteroatoms. The van der Waals surface area contributed by atoms with Crippen molar-refractivity contribution in [3.63, 3.8) is 0 Å². The third-order valence-electron chi connectivity index (χ3n) is 1.75. The Labute approximate surface area is 92.8 Å². The van der Waals surface area contributed by atoms with E-state index in [4.69, 9.17) is 0 Å². The van der Waals surface area contributed by atoms with Crippen LogP contribution < -0.4 is 0 Å². The fourth-order valence-electron chi connectivity index (χ4n) is 0.900. The molecule has 0 amide bonds. The lowest BCUT2D eigenvalue weighted by molar-refractivity contribution is 0.547. The number of rotatable bonds is 1. The van der Waals surface area contributed by atoms with E-state index >= 15 is 0 Å². The molecule has 0 bridgehead atoms. The number of hydrogen-bond donors (Lipinski definition) is 0. The van der Waals surface area contributed by atoms with Crippen LogP contribution in [-0.4, -0.2) is 0 Å². The first-order valence-corrected chi connectivity index (χ1v) is 6.00. The summed E-state index contributed by atoms with van der Waals surface area (Å²) in [5.74, 6) is 0. The highest BCUT2D eigenvalue weighted by molar-refractivity contribution is 9.10. The maximum absolute atomic E-state index is 3.51. The van der Waals surface area contributed by atoms with Crippen molar-refractivity contribution >= 4 is 33.3 Å². The number of hydrogen-bond acceptors (Lipinski definition) is 1. The fourth-order valence-corrected chi connectivity index (χ4v) is 2.37. The van der Waals surface area contributed by atoms with Crippen LogP contribution >= 0.6 is 27.3 Å². The van der Waals surface area contributed by atoms with Gasteiger partial charge in [-0.2, -0.15) is 0 Å². The van der Waals surface area contributed by atoms with Gasteiger partial charge in [0.1, 0.15) is 0 Å². The zero-order valence-electron chi connectivity index (χ0n) is 8.52. The van der Waals surface area contributed by atoms with Crippen molar-refractivity contribution in [1.29, 1.82) is 0 Å². The van der Waals surface area contributed by atoms with Crippen molar-refractivity contribution in [3.8, 4) is 0 Å². The number of halogens is 1. The van der Waals surface area contributed by atoms with E-state index in [1.165, 1.54) is 14.9 Å². The molecule has 1 heterocycles. The summed E-state index contributed by atoms with van der Waals surface area (Å²) in [6.45, 7) is 8.77. The highest BCUT2D eigenvalue weighted by atomic mass is 79.9. The highest BCUT2D eigenvalue weighted by Gasteiger charge is 2.06. The molecule has 0 N–H and O–H groups in total. The maximum Gasteiger partial charge on any atom is 0.0317 e. The molecule has 1 aromatic rings. The predicted octanol–water partition coefficient (Wildman–Crippen LogP) is 4.88. The summed E-state index contributed by atoms with van der Waals surface area (Å²) < 4.78 is 1.21. The van der Waals surface area contributed by atoms with Crippen LogP contribution in [0, 0.1) is 12.3 Å². The van der Waals surface area contributed by atoms with E-state index in [-0.39, 0.29) is 5.41 Å². The van der Waals surface area contributed by atoms with Gasteiger partial charge in [0.05, 0.1) is 0 Å². The first kappa shape index (κ1) is 11.0. The Hall–Kier alpha value is -0.0800. The van der Waals surface area contributed by atoms with E-state index in [1.807, 2.05) is 0 Å². The molecule has 0 saturated heterocycles. The Morgan fingerprint density at radius 2 is 2.00 bits per heavy atom. The first-order valence-electron chi connectivity index (χ1n) is 4.33. The molecule has 0 radical (unpaired) electrons. The lowest BCUT2D eigenvalue weighted by Crippen LogP contribution is -1.97. The summed E-state index contributed by atoms with van der Waals surface area (Å²) in [4.78, 5) is 1.35. The summed E-state index contributed by atoms with van der Waals surface area (Å²) in [5.41, 5.74) is 1.61. The van der Waals surface area contributed by atoms with Gasteiger partial charge in [-0.1, -0.05) is 26.8 Å². The molecular weight excluding hydrogens is 244 g/mol. The second kappa shape index (κ2) is 3.97. The van der Waals surface area contributed by atoms with Crippen molar-refractivity contribution in [2.75, 3.05) is 0 Å². The zero-order chi connectivity index (χ0) is 10.1. The normalized spacial score (nSPS) is 12.7. The van der Waals surface area contributed by atoms with Crippen molar-refractivity contribution < 1.29 is 0 Å². The summed E-state index contributed by atoms with van der Waals surface area (Å²) >= 11 is 5.30. The molecule has 0 spiro atoms. The van der Waals surface area contributed by atoms with Crippen LogP contribution in [0.5, 0.6) is 0 Å². The van der Waals surface area contributed by atoms with Crippen LogP contribution in [0.3, 0.4) is 0 Å². The molecule has 72 valence electrons. The molecule has 0 fully saturated rings. The van der Waals surface area contributed by atoms with Gasteiger partial charge in [-0.3, -0.25) is 0 Å². The largest absolute Gasteiger partial charge is 0.143 e. The zero-order valence-corrected chi connectivity index (χ0v) is 10.9. The molecule has 0 saturated carbocycles. The SMILES string of the molecule is Cc1c(Br)csc1/C=C/C(C)(C)C. The van der Waals surface area contributed by atoms with Gasteiger partial charge in [-0.05, 0) is 39.9 Å². The minimum Gasteiger partial charge on any atom is -0.143 e. The quantitative estimate of drug-likeness (QED) is 0.674. The van der Waals surface area contributed by atoms with E-state index in [9.17, 15) is 0 Å². The van der Waals surface area contributed by atoms with E-state index < -0.39 is 0 Å². The van der Waals surface area contributed by atoms with Crippen molar-refractivity contribution in [1.82, 2.24) is 0 Å². The van der Waals surface area contributed by atoms with Gasteiger partial charge in [0.2, 0.25) is 0 Å². The lowest BCUT2D eigenvalue weighted by atomic mass is 9.96. The van der Waals surface area contributed by atoms with E-state index in [0.29, 0.717) is 0 Å². The van der Waals surface area contributed by atoms with Gasteiger partial charge in [0.25, 0.3) is 0 Å². The summed E-state index contributed by atoms with van der Waals surface area (Å²) in [6.07, 6.45) is 4.46. The standard InChI is InChI=1S/C11H15BrS/c1-8-9(12)7-13-10(8)5-6-11(2,3)4/h5-7H,1-4H3/b6-5+. The Morgan fingerprint density at radius 1 is 1.38 bits per heavy atom. The Balaban J connectivity index is 2.87. The molecule has 0 nitrogen and oxygen atoms in total. The van der Waals surface area contributed by atoms with Gasteiger partial charge in [0, 0.05) is 14.7 Å². The second-order valence-corrected chi connectivity index (χ2v) is 6.04. The molecule has 13 heavy (non-hydrogen) atoms. The molecule has 1 rings (SSSR count). The molecular formula is C11H15BrS. The third kappa shape index (κ3) is 3.28. The van der Waals surface area contributed by atoms with Gasteiger partial charge < -0.3 is 0 Å².